The molecule has 0 saturated carbocycles. The summed E-state index contributed by atoms with van der Waals surface area (Å²) in [5.74, 6) is -0.331. The number of fused-ring (bicyclic) bond motifs is 1. The van der Waals surface area contributed by atoms with E-state index < -0.39 is 0 Å². The summed E-state index contributed by atoms with van der Waals surface area (Å²) in [7, 11) is 0. The molecule has 0 radical (unpaired) electrons. The molecule has 3 aromatic rings. The molecule has 1 saturated heterocycles. The number of amides is 1. The standard InChI is InChI=1S/C22H24N2O4S/c1-14-5-6-16-18(25)12-19(28-21(16)15(14)2)22(26)23-13-17(20-4-3-11-29-20)24-7-9-27-10-8-24/h3-6,11-12,17H,7-10,13H2,1-2H3,(H,23,26). The van der Waals surface area contributed by atoms with Gasteiger partial charge in [0.2, 0.25) is 0 Å². The number of aryl methyl sites for hydroxylation is 2. The number of nitrogens with one attached hydrogen (secondary N) is 1. The Morgan fingerprint density at radius 1 is 1.24 bits per heavy atom. The molecule has 1 atom stereocenters. The SMILES string of the molecule is Cc1ccc2c(=O)cc(C(=O)NCC(c3cccs3)N3CCOCC3)oc2c1C. The minimum Gasteiger partial charge on any atom is -0.450 e. The van der Waals surface area contributed by atoms with E-state index in [1.807, 2.05) is 31.4 Å². The largest absolute Gasteiger partial charge is 0.450 e. The number of ether oxygens (including phenoxy) is 1. The molecule has 2 aromatic heterocycles. The van der Waals surface area contributed by atoms with Crippen LogP contribution in [0, 0.1) is 13.8 Å². The minimum atomic E-state index is -0.375. The van der Waals surface area contributed by atoms with Crippen LogP contribution in [0.25, 0.3) is 11.0 Å². The number of hydrogen-bond donors (Lipinski definition) is 1. The monoisotopic (exact) mass is 412 g/mol. The highest BCUT2D eigenvalue weighted by atomic mass is 32.1. The zero-order chi connectivity index (χ0) is 20.4. The van der Waals surface area contributed by atoms with Crippen LogP contribution in [0.1, 0.15) is 32.6 Å². The van der Waals surface area contributed by atoms with E-state index in [-0.39, 0.29) is 23.1 Å². The van der Waals surface area contributed by atoms with E-state index in [0.717, 1.165) is 24.2 Å². The number of carbonyl (C=O) groups excluding carboxylic acids is 1. The normalized spacial score (nSPS) is 16.1. The van der Waals surface area contributed by atoms with Crippen LogP contribution in [0.3, 0.4) is 0 Å². The van der Waals surface area contributed by atoms with Gasteiger partial charge in [0, 0.05) is 30.6 Å². The molecule has 6 nitrogen and oxygen atoms in total. The summed E-state index contributed by atoms with van der Waals surface area (Å²) in [5, 5.41) is 5.50. The Balaban J connectivity index is 1.56. The lowest BCUT2D eigenvalue weighted by atomic mass is 10.1. The van der Waals surface area contributed by atoms with E-state index in [4.69, 9.17) is 9.15 Å². The van der Waals surface area contributed by atoms with Gasteiger partial charge in [0.25, 0.3) is 5.91 Å². The van der Waals surface area contributed by atoms with Gasteiger partial charge in [-0.05, 0) is 42.5 Å². The number of morpholine rings is 1. The predicted molar refractivity (Wildman–Crippen MR) is 114 cm³/mol. The van der Waals surface area contributed by atoms with Crippen molar-refractivity contribution in [3.05, 3.63) is 67.7 Å². The van der Waals surface area contributed by atoms with Crippen molar-refractivity contribution in [2.24, 2.45) is 0 Å². The Hall–Kier alpha value is -2.48. The van der Waals surface area contributed by atoms with Crippen LogP contribution in [0.15, 0.2) is 44.9 Å². The Morgan fingerprint density at radius 2 is 2.03 bits per heavy atom. The van der Waals surface area contributed by atoms with Crippen molar-refractivity contribution in [1.82, 2.24) is 10.2 Å². The van der Waals surface area contributed by atoms with E-state index in [0.29, 0.717) is 30.7 Å². The zero-order valence-corrected chi connectivity index (χ0v) is 17.4. The maximum Gasteiger partial charge on any atom is 0.287 e. The first-order chi connectivity index (χ1) is 14.0. The summed E-state index contributed by atoms with van der Waals surface area (Å²) >= 11 is 1.67. The second-order valence-corrected chi connectivity index (χ2v) is 8.23. The van der Waals surface area contributed by atoms with Gasteiger partial charge < -0.3 is 14.5 Å². The topological polar surface area (TPSA) is 71.8 Å². The number of benzene rings is 1. The summed E-state index contributed by atoms with van der Waals surface area (Å²) in [6.07, 6.45) is 0. The highest BCUT2D eigenvalue weighted by Crippen LogP contribution is 2.26. The van der Waals surface area contributed by atoms with Crippen LogP contribution in [0.5, 0.6) is 0 Å². The lowest BCUT2D eigenvalue weighted by molar-refractivity contribution is 0.0168. The maximum atomic E-state index is 12.8. The van der Waals surface area contributed by atoms with Crippen molar-refractivity contribution in [2.45, 2.75) is 19.9 Å². The van der Waals surface area contributed by atoms with Gasteiger partial charge in [-0.1, -0.05) is 12.1 Å². The lowest BCUT2D eigenvalue weighted by Gasteiger charge is -2.34. The van der Waals surface area contributed by atoms with Crippen molar-refractivity contribution in [1.29, 1.82) is 0 Å². The number of nitrogens with zero attached hydrogens (tertiary/aromatic N) is 1. The van der Waals surface area contributed by atoms with Gasteiger partial charge in [0.05, 0.1) is 24.6 Å². The number of hydrogen-bond acceptors (Lipinski definition) is 6. The average Bonchev–Trinajstić information content (AvgIpc) is 3.26. The molecule has 1 aromatic carbocycles. The smallest absolute Gasteiger partial charge is 0.287 e. The fraction of sp³-hybridized carbons (Fsp3) is 0.364. The van der Waals surface area contributed by atoms with Crippen molar-refractivity contribution in [3.63, 3.8) is 0 Å². The molecule has 0 aliphatic carbocycles. The van der Waals surface area contributed by atoms with Crippen LogP contribution < -0.4 is 10.7 Å². The van der Waals surface area contributed by atoms with Crippen LogP contribution in [0.4, 0.5) is 0 Å². The Labute approximate surface area is 173 Å². The van der Waals surface area contributed by atoms with Crippen molar-refractivity contribution < 1.29 is 13.9 Å². The van der Waals surface area contributed by atoms with Gasteiger partial charge >= 0.3 is 0 Å². The van der Waals surface area contributed by atoms with E-state index in [9.17, 15) is 9.59 Å². The minimum absolute atomic E-state index is 0.0445. The third kappa shape index (κ3) is 4.12. The summed E-state index contributed by atoms with van der Waals surface area (Å²) in [5.41, 5.74) is 2.16. The maximum absolute atomic E-state index is 12.8. The molecule has 0 bridgehead atoms. The number of rotatable bonds is 5. The van der Waals surface area contributed by atoms with Crippen LogP contribution in [-0.2, 0) is 4.74 Å². The molecule has 3 heterocycles. The predicted octanol–water partition coefficient (Wildman–Crippen LogP) is 3.27. The van der Waals surface area contributed by atoms with Crippen molar-refractivity contribution >= 4 is 28.2 Å². The van der Waals surface area contributed by atoms with Gasteiger partial charge in [-0.2, -0.15) is 0 Å². The van der Waals surface area contributed by atoms with Gasteiger partial charge in [-0.15, -0.1) is 11.3 Å². The van der Waals surface area contributed by atoms with Gasteiger partial charge in [-0.3, -0.25) is 14.5 Å². The molecule has 1 aliphatic heterocycles. The van der Waals surface area contributed by atoms with E-state index >= 15 is 0 Å². The first kappa shape index (κ1) is 19.8. The molecule has 1 unspecified atom stereocenters. The number of carbonyl (C=O) groups is 1. The first-order valence-electron chi connectivity index (χ1n) is 9.72. The van der Waals surface area contributed by atoms with E-state index in [1.54, 1.807) is 17.4 Å². The van der Waals surface area contributed by atoms with Crippen LogP contribution in [-0.4, -0.2) is 43.7 Å². The molecule has 4 rings (SSSR count). The quantitative estimate of drug-likeness (QED) is 0.696. The molecule has 1 N–H and O–H groups in total. The van der Waals surface area contributed by atoms with E-state index in [2.05, 4.69) is 16.3 Å². The second-order valence-electron chi connectivity index (χ2n) is 7.25. The van der Waals surface area contributed by atoms with Crippen molar-refractivity contribution in [2.75, 3.05) is 32.8 Å². The van der Waals surface area contributed by atoms with Gasteiger partial charge in [0.1, 0.15) is 5.58 Å². The molecular formula is C22H24N2O4S. The Morgan fingerprint density at radius 3 is 2.76 bits per heavy atom. The Bertz CT molecular complexity index is 1070. The van der Waals surface area contributed by atoms with Crippen molar-refractivity contribution in [3.8, 4) is 0 Å². The molecule has 1 aliphatic rings. The molecule has 0 spiro atoms. The lowest BCUT2D eigenvalue weighted by Crippen LogP contribution is -2.43. The average molecular weight is 413 g/mol. The molecular weight excluding hydrogens is 388 g/mol. The van der Waals surface area contributed by atoms with Gasteiger partial charge in [-0.25, -0.2) is 0 Å². The molecule has 7 heteroatoms. The summed E-state index contributed by atoms with van der Waals surface area (Å²) < 4.78 is 11.3. The summed E-state index contributed by atoms with van der Waals surface area (Å²) in [4.78, 5) is 28.8. The fourth-order valence-electron chi connectivity index (χ4n) is 3.62. The third-order valence-corrected chi connectivity index (χ3v) is 6.43. The molecule has 152 valence electrons. The number of thiophene rings is 1. The highest BCUT2D eigenvalue weighted by molar-refractivity contribution is 7.10. The highest BCUT2D eigenvalue weighted by Gasteiger charge is 2.24. The molecule has 1 amide bonds. The van der Waals surface area contributed by atoms with Crippen LogP contribution in [0.2, 0.25) is 0 Å². The summed E-state index contributed by atoms with van der Waals surface area (Å²) in [6.45, 7) is 7.31. The first-order valence-corrected chi connectivity index (χ1v) is 10.6. The van der Waals surface area contributed by atoms with Crippen LogP contribution >= 0.6 is 11.3 Å². The molecule has 1 fully saturated rings. The summed E-state index contributed by atoms with van der Waals surface area (Å²) in [6, 6.07) is 9.08. The van der Waals surface area contributed by atoms with Gasteiger partial charge in [0.15, 0.2) is 11.2 Å². The zero-order valence-electron chi connectivity index (χ0n) is 16.6. The third-order valence-electron chi connectivity index (χ3n) is 5.45. The van der Waals surface area contributed by atoms with E-state index in [1.165, 1.54) is 10.9 Å². The fourth-order valence-corrected chi connectivity index (χ4v) is 4.48. The second kappa shape index (κ2) is 8.49. The molecule has 29 heavy (non-hydrogen) atoms. The Kier molecular flexibility index (Phi) is 5.80.